The lowest BCUT2D eigenvalue weighted by molar-refractivity contribution is -0.149. The van der Waals surface area contributed by atoms with Crippen LogP contribution in [-0.2, 0) is 15.7 Å². The smallest absolute Gasteiger partial charge is 0.417 e. The highest BCUT2D eigenvalue weighted by Gasteiger charge is 2.31. The number of carbonyl (C=O) groups is 1. The van der Waals surface area contributed by atoms with Crippen LogP contribution in [0.25, 0.3) is 0 Å². The van der Waals surface area contributed by atoms with E-state index in [1.807, 2.05) is 6.92 Å². The van der Waals surface area contributed by atoms with Crippen LogP contribution in [0.4, 0.5) is 13.2 Å². The van der Waals surface area contributed by atoms with Gasteiger partial charge in [0.05, 0.1) is 12.2 Å². The van der Waals surface area contributed by atoms with Gasteiger partial charge in [-0.25, -0.2) is 4.98 Å². The number of ether oxygens (including phenoxy) is 3. The number of carbonyl (C=O) groups excluding carboxylic acids is 1. The van der Waals surface area contributed by atoms with Crippen LogP contribution in [0.15, 0.2) is 48.7 Å². The SMILES string of the molecule is CCCCOC(=O)CC(Oc1ccccc1)Oc1ccc(C(F)(F)F)cn1. The molecule has 0 saturated carbocycles. The van der Waals surface area contributed by atoms with E-state index in [0.29, 0.717) is 11.9 Å². The first-order valence-electron chi connectivity index (χ1n) is 8.45. The van der Waals surface area contributed by atoms with E-state index < -0.39 is 24.0 Å². The molecule has 1 aromatic carbocycles. The number of esters is 1. The zero-order chi connectivity index (χ0) is 19.7. The molecule has 0 saturated heterocycles. The van der Waals surface area contributed by atoms with Crippen molar-refractivity contribution < 1.29 is 32.2 Å². The van der Waals surface area contributed by atoms with E-state index in [4.69, 9.17) is 14.2 Å². The number of nitrogens with zero attached hydrogens (tertiary/aromatic N) is 1. The maximum atomic E-state index is 12.6. The predicted molar refractivity (Wildman–Crippen MR) is 91.2 cm³/mol. The van der Waals surface area contributed by atoms with E-state index in [-0.39, 0.29) is 18.9 Å². The zero-order valence-corrected chi connectivity index (χ0v) is 14.7. The van der Waals surface area contributed by atoms with Gasteiger partial charge in [0.2, 0.25) is 5.88 Å². The average molecular weight is 383 g/mol. The number of benzene rings is 1. The second kappa shape index (κ2) is 9.80. The molecule has 146 valence electrons. The molecular formula is C19H20F3NO4. The molecule has 0 spiro atoms. The van der Waals surface area contributed by atoms with Crippen molar-refractivity contribution in [3.63, 3.8) is 0 Å². The first kappa shape index (κ1) is 20.5. The Morgan fingerprint density at radius 1 is 1.11 bits per heavy atom. The van der Waals surface area contributed by atoms with Gasteiger partial charge < -0.3 is 14.2 Å². The van der Waals surface area contributed by atoms with Gasteiger partial charge in [-0.2, -0.15) is 13.2 Å². The molecule has 1 unspecified atom stereocenters. The Hall–Kier alpha value is -2.77. The Morgan fingerprint density at radius 2 is 1.85 bits per heavy atom. The third-order valence-electron chi connectivity index (χ3n) is 3.42. The molecule has 0 aliphatic heterocycles. The highest BCUT2D eigenvalue weighted by atomic mass is 19.4. The normalized spacial score (nSPS) is 12.3. The van der Waals surface area contributed by atoms with Crippen LogP contribution in [0.1, 0.15) is 31.7 Å². The van der Waals surface area contributed by atoms with Crippen molar-refractivity contribution in [1.82, 2.24) is 4.98 Å². The standard InChI is InChI=1S/C19H20F3NO4/c1-2-3-11-25-17(24)12-18(26-15-7-5-4-6-8-15)27-16-10-9-14(13-23-16)19(20,21)22/h4-10,13,18H,2-3,11-12H2,1H3. The lowest BCUT2D eigenvalue weighted by atomic mass is 10.3. The van der Waals surface area contributed by atoms with Gasteiger partial charge in [-0.15, -0.1) is 0 Å². The molecule has 1 heterocycles. The van der Waals surface area contributed by atoms with Crippen LogP contribution < -0.4 is 9.47 Å². The summed E-state index contributed by atoms with van der Waals surface area (Å²) in [7, 11) is 0. The number of hydrogen-bond donors (Lipinski definition) is 0. The molecule has 0 radical (unpaired) electrons. The van der Waals surface area contributed by atoms with Crippen molar-refractivity contribution in [1.29, 1.82) is 0 Å². The molecule has 1 atom stereocenters. The molecule has 0 aliphatic rings. The minimum atomic E-state index is -4.49. The molecule has 27 heavy (non-hydrogen) atoms. The number of rotatable bonds is 9. The second-order valence-corrected chi connectivity index (χ2v) is 5.64. The molecule has 0 aliphatic carbocycles. The van der Waals surface area contributed by atoms with E-state index in [0.717, 1.165) is 25.0 Å². The summed E-state index contributed by atoms with van der Waals surface area (Å²) < 4.78 is 54.0. The fourth-order valence-corrected chi connectivity index (χ4v) is 2.04. The molecule has 8 heteroatoms. The first-order chi connectivity index (χ1) is 12.9. The van der Waals surface area contributed by atoms with Gasteiger partial charge in [0.1, 0.15) is 12.2 Å². The summed E-state index contributed by atoms with van der Waals surface area (Å²) in [5, 5.41) is 0. The first-order valence-corrected chi connectivity index (χ1v) is 8.45. The monoisotopic (exact) mass is 383 g/mol. The second-order valence-electron chi connectivity index (χ2n) is 5.64. The van der Waals surface area contributed by atoms with Gasteiger partial charge in [-0.1, -0.05) is 31.5 Å². The van der Waals surface area contributed by atoms with Crippen molar-refractivity contribution in [3.8, 4) is 11.6 Å². The Kier molecular flexibility index (Phi) is 7.45. The quantitative estimate of drug-likeness (QED) is 0.359. The molecule has 0 fully saturated rings. The van der Waals surface area contributed by atoms with E-state index >= 15 is 0 Å². The number of hydrogen-bond acceptors (Lipinski definition) is 5. The Labute approximate surface area is 155 Å². The minimum Gasteiger partial charge on any atom is -0.465 e. The highest BCUT2D eigenvalue weighted by Crippen LogP contribution is 2.29. The number of alkyl halides is 3. The molecule has 2 aromatic rings. The summed E-state index contributed by atoms with van der Waals surface area (Å²) in [6.07, 6.45) is -3.55. The minimum absolute atomic E-state index is 0.0923. The van der Waals surface area contributed by atoms with Gasteiger partial charge in [0.25, 0.3) is 6.29 Å². The predicted octanol–water partition coefficient (Wildman–Crippen LogP) is 4.62. The lowest BCUT2D eigenvalue weighted by Gasteiger charge is -2.19. The summed E-state index contributed by atoms with van der Waals surface area (Å²) in [5.74, 6) is -0.183. The molecular weight excluding hydrogens is 363 g/mol. The van der Waals surface area contributed by atoms with Gasteiger partial charge >= 0.3 is 12.1 Å². The molecule has 2 rings (SSSR count). The van der Waals surface area contributed by atoms with Crippen molar-refractivity contribution in [2.75, 3.05) is 6.61 Å². The van der Waals surface area contributed by atoms with Gasteiger partial charge in [0.15, 0.2) is 0 Å². The third kappa shape index (κ3) is 7.16. The summed E-state index contributed by atoms with van der Waals surface area (Å²) in [6.45, 7) is 2.25. The number of halogens is 3. The fourth-order valence-electron chi connectivity index (χ4n) is 2.04. The van der Waals surface area contributed by atoms with Crippen LogP contribution in [-0.4, -0.2) is 23.9 Å². The Morgan fingerprint density at radius 3 is 2.44 bits per heavy atom. The van der Waals surface area contributed by atoms with E-state index in [2.05, 4.69) is 4.98 Å². The summed E-state index contributed by atoms with van der Waals surface area (Å²) in [4.78, 5) is 15.6. The number of aromatic nitrogens is 1. The summed E-state index contributed by atoms with van der Waals surface area (Å²) in [5.41, 5.74) is -0.894. The van der Waals surface area contributed by atoms with Gasteiger partial charge in [-0.3, -0.25) is 4.79 Å². The zero-order valence-electron chi connectivity index (χ0n) is 14.7. The van der Waals surface area contributed by atoms with Crippen LogP contribution in [0.3, 0.4) is 0 Å². The molecule has 0 N–H and O–H groups in total. The fraction of sp³-hybridized carbons (Fsp3) is 0.368. The van der Waals surface area contributed by atoms with Crippen LogP contribution in [0, 0.1) is 0 Å². The van der Waals surface area contributed by atoms with Crippen LogP contribution in [0.5, 0.6) is 11.6 Å². The summed E-state index contributed by atoms with van der Waals surface area (Å²) >= 11 is 0. The third-order valence-corrected chi connectivity index (χ3v) is 3.42. The van der Waals surface area contributed by atoms with Crippen molar-refractivity contribution in [2.45, 2.75) is 38.7 Å². The van der Waals surface area contributed by atoms with E-state index in [9.17, 15) is 18.0 Å². The van der Waals surface area contributed by atoms with E-state index in [1.54, 1.807) is 30.3 Å². The van der Waals surface area contributed by atoms with Crippen molar-refractivity contribution >= 4 is 5.97 Å². The van der Waals surface area contributed by atoms with Gasteiger partial charge in [0, 0.05) is 12.3 Å². The van der Waals surface area contributed by atoms with Crippen LogP contribution in [0.2, 0.25) is 0 Å². The molecule has 5 nitrogen and oxygen atoms in total. The maximum Gasteiger partial charge on any atom is 0.417 e. The maximum absolute atomic E-state index is 12.6. The highest BCUT2D eigenvalue weighted by molar-refractivity contribution is 5.69. The van der Waals surface area contributed by atoms with Crippen molar-refractivity contribution in [3.05, 3.63) is 54.2 Å². The molecule has 0 bridgehead atoms. The Bertz CT molecular complexity index is 705. The van der Waals surface area contributed by atoms with Crippen LogP contribution >= 0.6 is 0 Å². The Balaban J connectivity index is 2.05. The van der Waals surface area contributed by atoms with Crippen molar-refractivity contribution in [2.24, 2.45) is 0 Å². The number of pyridine rings is 1. The number of para-hydroxylation sites is 1. The summed E-state index contributed by atoms with van der Waals surface area (Å²) in [6, 6.07) is 10.5. The van der Waals surface area contributed by atoms with E-state index in [1.165, 1.54) is 0 Å². The lowest BCUT2D eigenvalue weighted by Crippen LogP contribution is -2.28. The average Bonchev–Trinajstić information content (AvgIpc) is 2.62. The topological polar surface area (TPSA) is 57.7 Å². The molecule has 0 amide bonds. The molecule has 1 aromatic heterocycles. The largest absolute Gasteiger partial charge is 0.465 e. The number of unbranched alkanes of at least 4 members (excludes halogenated alkanes) is 1. The van der Waals surface area contributed by atoms with Gasteiger partial charge in [-0.05, 0) is 24.6 Å².